The molecule has 1 saturated carbocycles. The van der Waals surface area contributed by atoms with Gasteiger partial charge in [-0.25, -0.2) is 9.97 Å². The lowest BCUT2D eigenvalue weighted by molar-refractivity contribution is 0.0709. The lowest BCUT2D eigenvalue weighted by atomic mass is 9.87. The molecule has 2 aliphatic rings. The second kappa shape index (κ2) is 6.01. The van der Waals surface area contributed by atoms with E-state index >= 15 is 0 Å². The van der Waals surface area contributed by atoms with Crippen LogP contribution in [0.5, 0.6) is 0 Å². The monoisotopic (exact) mass is 380 g/mol. The molecule has 1 spiro atoms. The molecule has 1 aliphatic heterocycles. The van der Waals surface area contributed by atoms with Gasteiger partial charge in [0.15, 0.2) is 0 Å². The molecule has 4 aromatic rings. The van der Waals surface area contributed by atoms with Crippen LogP contribution in [0, 0.1) is 0 Å². The summed E-state index contributed by atoms with van der Waals surface area (Å²) in [5, 5.41) is 0. The standard InChI is InChI=1S/C24H20N4O/c29-23(27-14-18-5-1-2-6-19(18)24(15-27)11-12-24)17-9-10-22(25-13-17)28-16-26-20-7-3-4-8-21(20)28/h1-10,13,16H,11-12,14-15H2. The van der Waals surface area contributed by atoms with Gasteiger partial charge < -0.3 is 4.90 Å². The van der Waals surface area contributed by atoms with Gasteiger partial charge in [-0.3, -0.25) is 9.36 Å². The van der Waals surface area contributed by atoms with Crippen molar-refractivity contribution in [3.8, 4) is 5.82 Å². The zero-order chi connectivity index (χ0) is 19.4. The Morgan fingerprint density at radius 3 is 2.59 bits per heavy atom. The van der Waals surface area contributed by atoms with Crippen LogP contribution in [0.3, 0.4) is 0 Å². The Kier molecular flexibility index (Phi) is 3.42. The molecule has 0 unspecified atom stereocenters. The largest absolute Gasteiger partial charge is 0.333 e. The maximum atomic E-state index is 13.2. The maximum Gasteiger partial charge on any atom is 0.255 e. The number of rotatable bonds is 2. The SMILES string of the molecule is O=C(c1ccc(-n2cnc3ccccc32)nc1)N1Cc2ccccc2C2(CC2)C1. The van der Waals surface area contributed by atoms with Gasteiger partial charge in [0.05, 0.1) is 16.6 Å². The van der Waals surface area contributed by atoms with E-state index in [9.17, 15) is 4.79 Å². The summed E-state index contributed by atoms with van der Waals surface area (Å²) in [4.78, 5) is 24.2. The van der Waals surface area contributed by atoms with Gasteiger partial charge in [-0.15, -0.1) is 0 Å². The number of benzene rings is 2. The van der Waals surface area contributed by atoms with Crippen LogP contribution in [-0.4, -0.2) is 31.9 Å². The smallest absolute Gasteiger partial charge is 0.255 e. The minimum atomic E-state index is 0.0558. The Hall–Kier alpha value is -3.47. The van der Waals surface area contributed by atoms with E-state index in [1.165, 1.54) is 24.0 Å². The third kappa shape index (κ3) is 2.58. The van der Waals surface area contributed by atoms with Crippen molar-refractivity contribution >= 4 is 16.9 Å². The van der Waals surface area contributed by atoms with Crippen molar-refractivity contribution in [1.29, 1.82) is 0 Å². The highest BCUT2D eigenvalue weighted by Gasteiger charge is 2.49. The first kappa shape index (κ1) is 16.5. The number of hydrogen-bond donors (Lipinski definition) is 0. The highest BCUT2D eigenvalue weighted by atomic mass is 16.2. The minimum Gasteiger partial charge on any atom is -0.333 e. The van der Waals surface area contributed by atoms with E-state index in [4.69, 9.17) is 0 Å². The number of para-hydroxylation sites is 2. The molecule has 2 aromatic heterocycles. The molecule has 0 bridgehead atoms. The van der Waals surface area contributed by atoms with Gasteiger partial charge in [-0.2, -0.15) is 0 Å². The average molecular weight is 380 g/mol. The summed E-state index contributed by atoms with van der Waals surface area (Å²) >= 11 is 0. The molecule has 5 nitrogen and oxygen atoms in total. The Morgan fingerprint density at radius 2 is 1.76 bits per heavy atom. The Balaban J connectivity index is 1.29. The van der Waals surface area contributed by atoms with Gasteiger partial charge in [0, 0.05) is 24.7 Å². The minimum absolute atomic E-state index is 0.0558. The van der Waals surface area contributed by atoms with Crippen LogP contribution < -0.4 is 0 Å². The predicted molar refractivity (Wildman–Crippen MR) is 111 cm³/mol. The van der Waals surface area contributed by atoms with Crippen LogP contribution >= 0.6 is 0 Å². The van der Waals surface area contributed by atoms with E-state index in [2.05, 4.69) is 34.2 Å². The van der Waals surface area contributed by atoms with E-state index in [0.29, 0.717) is 12.1 Å². The third-order valence-corrected chi connectivity index (χ3v) is 6.28. The number of aromatic nitrogens is 3. The third-order valence-electron chi connectivity index (χ3n) is 6.28. The molecule has 0 N–H and O–H groups in total. The Labute approximate surface area is 168 Å². The number of amides is 1. The second-order valence-electron chi connectivity index (χ2n) is 8.11. The zero-order valence-corrected chi connectivity index (χ0v) is 16.0. The van der Waals surface area contributed by atoms with Gasteiger partial charge in [0.2, 0.25) is 0 Å². The molecule has 29 heavy (non-hydrogen) atoms. The molecule has 0 saturated heterocycles. The molecule has 1 aliphatic carbocycles. The van der Waals surface area contributed by atoms with E-state index < -0.39 is 0 Å². The zero-order valence-electron chi connectivity index (χ0n) is 16.0. The lowest BCUT2D eigenvalue weighted by Gasteiger charge is -2.35. The summed E-state index contributed by atoms with van der Waals surface area (Å²) in [6.07, 6.45) is 5.79. The summed E-state index contributed by atoms with van der Waals surface area (Å²) in [5.41, 5.74) is 5.45. The van der Waals surface area contributed by atoms with Crippen LogP contribution in [0.2, 0.25) is 0 Å². The molecule has 6 rings (SSSR count). The van der Waals surface area contributed by atoms with Gasteiger partial charge in [-0.1, -0.05) is 36.4 Å². The van der Waals surface area contributed by atoms with Crippen molar-refractivity contribution < 1.29 is 4.79 Å². The van der Waals surface area contributed by atoms with Gasteiger partial charge in [-0.05, 0) is 48.2 Å². The molecule has 0 atom stereocenters. The highest BCUT2D eigenvalue weighted by molar-refractivity contribution is 5.94. The normalized spacial score (nSPS) is 16.8. The molecule has 5 heteroatoms. The summed E-state index contributed by atoms with van der Waals surface area (Å²) < 4.78 is 1.94. The van der Waals surface area contributed by atoms with Gasteiger partial charge >= 0.3 is 0 Å². The van der Waals surface area contributed by atoms with Crippen LogP contribution in [-0.2, 0) is 12.0 Å². The van der Waals surface area contributed by atoms with Gasteiger partial charge in [0.25, 0.3) is 5.91 Å². The topological polar surface area (TPSA) is 51.0 Å². The number of pyridine rings is 1. The summed E-state index contributed by atoms with van der Waals surface area (Å²) in [6, 6.07) is 20.3. The van der Waals surface area contributed by atoms with Gasteiger partial charge in [0.1, 0.15) is 12.1 Å². The number of nitrogens with zero attached hydrogens (tertiary/aromatic N) is 4. The van der Waals surface area contributed by atoms with E-state index in [-0.39, 0.29) is 11.3 Å². The number of carbonyl (C=O) groups is 1. The molecule has 0 radical (unpaired) electrons. The van der Waals surface area contributed by atoms with Crippen LogP contribution in [0.1, 0.15) is 34.3 Å². The van der Waals surface area contributed by atoms with Crippen LogP contribution in [0.25, 0.3) is 16.9 Å². The molecular weight excluding hydrogens is 360 g/mol. The molecule has 142 valence electrons. The van der Waals surface area contributed by atoms with Crippen molar-refractivity contribution in [2.45, 2.75) is 24.8 Å². The first-order chi connectivity index (χ1) is 14.2. The molecule has 3 heterocycles. The number of hydrogen-bond acceptors (Lipinski definition) is 3. The van der Waals surface area contributed by atoms with Crippen LogP contribution in [0.15, 0.2) is 73.2 Å². The van der Waals surface area contributed by atoms with Crippen molar-refractivity contribution in [1.82, 2.24) is 19.4 Å². The van der Waals surface area contributed by atoms with Crippen molar-refractivity contribution in [2.24, 2.45) is 0 Å². The average Bonchev–Trinajstić information content (AvgIpc) is 3.40. The Morgan fingerprint density at radius 1 is 0.931 bits per heavy atom. The number of imidazole rings is 1. The molecule has 2 aromatic carbocycles. The van der Waals surface area contributed by atoms with E-state index in [0.717, 1.165) is 23.4 Å². The lowest BCUT2D eigenvalue weighted by Crippen LogP contribution is -2.41. The van der Waals surface area contributed by atoms with E-state index in [1.54, 1.807) is 12.5 Å². The summed E-state index contributed by atoms with van der Waals surface area (Å²) in [7, 11) is 0. The van der Waals surface area contributed by atoms with Crippen molar-refractivity contribution in [3.63, 3.8) is 0 Å². The summed E-state index contributed by atoms with van der Waals surface area (Å²) in [5.74, 6) is 0.818. The van der Waals surface area contributed by atoms with Crippen LogP contribution in [0.4, 0.5) is 0 Å². The van der Waals surface area contributed by atoms with Crippen molar-refractivity contribution in [3.05, 3.63) is 89.9 Å². The van der Waals surface area contributed by atoms with Crippen molar-refractivity contribution in [2.75, 3.05) is 6.54 Å². The molecular formula is C24H20N4O. The number of carbonyl (C=O) groups excluding carboxylic acids is 1. The number of fused-ring (bicyclic) bond motifs is 3. The predicted octanol–water partition coefficient (Wildman–Crippen LogP) is 4.11. The Bertz CT molecular complexity index is 1240. The highest BCUT2D eigenvalue weighted by Crippen LogP contribution is 2.52. The summed E-state index contributed by atoms with van der Waals surface area (Å²) in [6.45, 7) is 1.47. The molecule has 1 fully saturated rings. The van der Waals surface area contributed by atoms with E-state index in [1.807, 2.05) is 45.9 Å². The first-order valence-corrected chi connectivity index (χ1v) is 10.00. The fourth-order valence-corrected chi connectivity index (χ4v) is 4.59. The molecule has 1 amide bonds. The fourth-order valence-electron chi connectivity index (χ4n) is 4.59. The maximum absolute atomic E-state index is 13.2. The first-order valence-electron chi connectivity index (χ1n) is 10.00. The quantitative estimate of drug-likeness (QED) is 0.526. The second-order valence-corrected chi connectivity index (χ2v) is 8.11. The fraction of sp³-hybridized carbons (Fsp3) is 0.208.